The second kappa shape index (κ2) is 8.66. The van der Waals surface area contributed by atoms with Crippen molar-refractivity contribution in [2.45, 2.75) is 47.1 Å². The van der Waals surface area contributed by atoms with Crippen molar-refractivity contribution in [2.24, 2.45) is 0 Å². The Labute approximate surface area is 145 Å². The Morgan fingerprint density at radius 1 is 1.04 bits per heavy atom. The van der Waals surface area contributed by atoms with Gasteiger partial charge < -0.3 is 13.6 Å². The highest BCUT2D eigenvalue weighted by atomic mass is 31.2. The highest BCUT2D eigenvalue weighted by Gasteiger charge is 2.33. The van der Waals surface area contributed by atoms with E-state index in [1.165, 1.54) is 0 Å². The number of rotatable bonds is 9. The van der Waals surface area contributed by atoms with E-state index in [1.54, 1.807) is 0 Å². The molecule has 0 amide bonds. The zero-order valence-corrected chi connectivity index (χ0v) is 16.0. The summed E-state index contributed by atoms with van der Waals surface area (Å²) in [4.78, 5) is 0. The van der Waals surface area contributed by atoms with Crippen LogP contribution in [0.15, 0.2) is 36.4 Å². The molecule has 24 heavy (non-hydrogen) atoms. The molecule has 0 unspecified atom stereocenters. The Bertz CT molecular complexity index is 684. The monoisotopic (exact) mass is 349 g/mol. The van der Waals surface area contributed by atoms with Crippen LogP contribution in [0, 0.1) is 6.92 Å². The largest absolute Gasteiger partial charge is 0.363 e. The Morgan fingerprint density at radius 2 is 1.67 bits per heavy atom. The first kappa shape index (κ1) is 19.0. The smallest absolute Gasteiger partial charge is 0.344 e. The fourth-order valence-electron chi connectivity index (χ4n) is 2.89. The minimum absolute atomic E-state index is 0.352. The normalized spacial score (nSPS) is 11.8. The van der Waals surface area contributed by atoms with Gasteiger partial charge >= 0.3 is 7.60 Å². The van der Waals surface area contributed by atoms with Gasteiger partial charge in [-0.05, 0) is 38.8 Å². The van der Waals surface area contributed by atoms with E-state index in [-0.39, 0.29) is 0 Å². The van der Waals surface area contributed by atoms with Crippen LogP contribution in [0.1, 0.15) is 39.3 Å². The molecule has 2 aromatic rings. The minimum Gasteiger partial charge on any atom is -0.344 e. The van der Waals surface area contributed by atoms with Gasteiger partial charge in [-0.3, -0.25) is 4.57 Å². The van der Waals surface area contributed by atoms with Crippen LogP contribution in [0.3, 0.4) is 0 Å². The summed E-state index contributed by atoms with van der Waals surface area (Å²) in [6.07, 6.45) is 2.18. The molecule has 2 rings (SSSR count). The Kier molecular flexibility index (Phi) is 6.85. The van der Waals surface area contributed by atoms with Crippen molar-refractivity contribution >= 4 is 12.9 Å². The van der Waals surface area contributed by atoms with E-state index in [4.69, 9.17) is 9.05 Å². The summed E-state index contributed by atoms with van der Waals surface area (Å²) < 4.78 is 26.8. The molecule has 1 aromatic heterocycles. The third-order valence-corrected chi connectivity index (χ3v) is 6.09. The second-order valence-electron chi connectivity index (χ2n) is 5.72. The molecule has 1 heterocycles. The predicted octanol–water partition coefficient (Wildman–Crippen LogP) is 5.16. The van der Waals surface area contributed by atoms with Crippen molar-refractivity contribution in [3.05, 3.63) is 42.1 Å². The molecule has 0 saturated heterocycles. The molecule has 0 radical (unpaired) electrons. The van der Waals surface area contributed by atoms with Gasteiger partial charge in [-0.25, -0.2) is 0 Å². The van der Waals surface area contributed by atoms with Gasteiger partial charge in [0.25, 0.3) is 0 Å². The van der Waals surface area contributed by atoms with Crippen molar-refractivity contribution in [2.75, 3.05) is 13.2 Å². The highest BCUT2D eigenvalue weighted by molar-refractivity contribution is 7.62. The van der Waals surface area contributed by atoms with Crippen LogP contribution in [0.25, 0.3) is 11.3 Å². The van der Waals surface area contributed by atoms with Gasteiger partial charge in [-0.1, -0.05) is 43.7 Å². The second-order valence-corrected chi connectivity index (χ2v) is 7.72. The summed E-state index contributed by atoms with van der Waals surface area (Å²) in [6, 6.07) is 12.0. The fraction of sp³-hybridized carbons (Fsp3) is 0.474. The molecular weight excluding hydrogens is 321 g/mol. The molecule has 0 spiro atoms. The molecule has 0 N–H and O–H groups in total. The maximum Gasteiger partial charge on any atom is 0.363 e. The average Bonchev–Trinajstić information content (AvgIpc) is 2.91. The summed E-state index contributed by atoms with van der Waals surface area (Å²) in [5.74, 6) is 0. The topological polar surface area (TPSA) is 40.5 Å². The maximum atomic E-state index is 13.4. The molecule has 0 fully saturated rings. The fourth-order valence-corrected chi connectivity index (χ4v) is 4.77. The molecular formula is C19H28NO3P. The molecule has 1 aromatic carbocycles. The molecule has 0 aliphatic carbocycles. The Morgan fingerprint density at radius 3 is 2.21 bits per heavy atom. The third-order valence-electron chi connectivity index (χ3n) is 3.96. The van der Waals surface area contributed by atoms with Crippen molar-refractivity contribution in [3.63, 3.8) is 0 Å². The van der Waals surface area contributed by atoms with E-state index in [0.717, 1.165) is 36.3 Å². The van der Waals surface area contributed by atoms with Crippen LogP contribution in [0.5, 0.6) is 0 Å². The van der Waals surface area contributed by atoms with E-state index in [9.17, 15) is 4.57 Å². The zero-order valence-electron chi connectivity index (χ0n) is 15.1. The lowest BCUT2D eigenvalue weighted by atomic mass is 10.1. The van der Waals surface area contributed by atoms with Crippen molar-refractivity contribution in [1.82, 2.24) is 4.57 Å². The average molecular weight is 349 g/mol. The molecule has 0 saturated carbocycles. The van der Waals surface area contributed by atoms with E-state index in [0.29, 0.717) is 18.5 Å². The molecule has 0 aliphatic rings. The number of hydrogen-bond acceptors (Lipinski definition) is 3. The van der Waals surface area contributed by atoms with Crippen LogP contribution in [0.2, 0.25) is 0 Å². The van der Waals surface area contributed by atoms with Crippen LogP contribution in [-0.2, 0) is 20.2 Å². The first-order valence-electron chi connectivity index (χ1n) is 8.72. The van der Waals surface area contributed by atoms with Gasteiger partial charge in [0.2, 0.25) is 0 Å². The SMILES string of the molecule is CCCCn1c(C)cc(P(=O)(OCC)OCC)c1-c1ccccc1. The number of aromatic nitrogens is 1. The molecule has 0 atom stereocenters. The zero-order chi connectivity index (χ0) is 17.6. The van der Waals surface area contributed by atoms with Gasteiger partial charge in [0.05, 0.1) is 24.2 Å². The summed E-state index contributed by atoms with van der Waals surface area (Å²) in [5, 5.41) is 0.672. The van der Waals surface area contributed by atoms with Gasteiger partial charge in [-0.2, -0.15) is 0 Å². The van der Waals surface area contributed by atoms with Crippen molar-refractivity contribution in [1.29, 1.82) is 0 Å². The molecule has 5 heteroatoms. The molecule has 132 valence electrons. The van der Waals surface area contributed by atoms with Crippen LogP contribution in [0.4, 0.5) is 0 Å². The standard InChI is InChI=1S/C19H28NO3P/c1-5-8-14-20-16(4)15-18(24(21,22-6-2)23-7-3)19(20)17-12-10-9-11-13-17/h9-13,15H,5-8,14H2,1-4H3. The minimum atomic E-state index is -3.33. The van der Waals surface area contributed by atoms with Gasteiger partial charge in [0.15, 0.2) is 0 Å². The van der Waals surface area contributed by atoms with Gasteiger partial charge in [-0.15, -0.1) is 0 Å². The number of benzene rings is 1. The van der Waals surface area contributed by atoms with Crippen LogP contribution >= 0.6 is 7.60 Å². The lowest BCUT2D eigenvalue weighted by Gasteiger charge is -2.19. The summed E-state index contributed by atoms with van der Waals surface area (Å²) in [6.45, 7) is 9.50. The third kappa shape index (κ3) is 4.00. The number of hydrogen-bond donors (Lipinski definition) is 0. The lowest BCUT2D eigenvalue weighted by Crippen LogP contribution is -2.14. The lowest BCUT2D eigenvalue weighted by molar-refractivity contribution is 0.230. The highest BCUT2D eigenvalue weighted by Crippen LogP contribution is 2.50. The Balaban J connectivity index is 2.65. The first-order valence-corrected chi connectivity index (χ1v) is 10.3. The van der Waals surface area contributed by atoms with Gasteiger partial charge in [0.1, 0.15) is 0 Å². The van der Waals surface area contributed by atoms with Crippen molar-refractivity contribution < 1.29 is 13.6 Å². The Hall–Kier alpha value is -1.35. The number of unbranched alkanes of at least 4 members (excludes halogenated alkanes) is 1. The maximum absolute atomic E-state index is 13.4. The van der Waals surface area contributed by atoms with E-state index in [2.05, 4.69) is 11.5 Å². The summed E-state index contributed by atoms with van der Waals surface area (Å²) >= 11 is 0. The van der Waals surface area contributed by atoms with Crippen LogP contribution in [-0.4, -0.2) is 17.8 Å². The van der Waals surface area contributed by atoms with E-state index in [1.807, 2.05) is 57.2 Å². The number of aryl methyl sites for hydroxylation is 1. The molecule has 4 nitrogen and oxygen atoms in total. The van der Waals surface area contributed by atoms with Crippen molar-refractivity contribution in [3.8, 4) is 11.3 Å². The summed E-state index contributed by atoms with van der Waals surface area (Å²) in [5.41, 5.74) is 3.07. The van der Waals surface area contributed by atoms with Gasteiger partial charge in [0, 0.05) is 12.2 Å². The quantitative estimate of drug-likeness (QED) is 0.588. The predicted molar refractivity (Wildman–Crippen MR) is 100 cm³/mol. The molecule has 0 aliphatic heterocycles. The first-order chi connectivity index (χ1) is 11.6. The van der Waals surface area contributed by atoms with E-state index < -0.39 is 7.60 Å². The molecule has 0 bridgehead atoms. The summed E-state index contributed by atoms with van der Waals surface area (Å²) in [7, 11) is -3.33. The van der Waals surface area contributed by atoms with E-state index >= 15 is 0 Å². The number of nitrogens with zero attached hydrogens (tertiary/aromatic N) is 1. The van der Waals surface area contributed by atoms with Crippen LogP contribution < -0.4 is 5.30 Å².